The predicted octanol–water partition coefficient (Wildman–Crippen LogP) is 2.67. The van der Waals surface area contributed by atoms with Crippen LogP contribution in [-0.2, 0) is 13.1 Å². The molecule has 19 heavy (non-hydrogen) atoms. The summed E-state index contributed by atoms with van der Waals surface area (Å²) < 4.78 is 1.94. The Kier molecular flexibility index (Phi) is 3.44. The van der Waals surface area contributed by atoms with Crippen molar-refractivity contribution >= 4 is 17.2 Å². The number of aromatic nitrogens is 3. The third kappa shape index (κ3) is 2.92. The van der Waals surface area contributed by atoms with E-state index in [4.69, 9.17) is 11.6 Å². The van der Waals surface area contributed by atoms with Crippen molar-refractivity contribution in [1.29, 1.82) is 0 Å². The number of hydrogen-bond donors (Lipinski definition) is 1. The largest absolute Gasteiger partial charge is 0.307 e. The molecule has 96 valence electrons. The standard InChI is InChI=1S/C14H13ClN4/c15-12-1-2-14-18-13(10-19(14)9-12)8-17-7-11-3-5-16-6-4-11/h1-6,9-10,17H,7-8H2. The van der Waals surface area contributed by atoms with Gasteiger partial charge in [0.2, 0.25) is 0 Å². The Hall–Kier alpha value is -1.91. The zero-order chi connectivity index (χ0) is 13.1. The summed E-state index contributed by atoms with van der Waals surface area (Å²) in [7, 11) is 0. The van der Waals surface area contributed by atoms with Gasteiger partial charge >= 0.3 is 0 Å². The minimum absolute atomic E-state index is 0.709. The van der Waals surface area contributed by atoms with Gasteiger partial charge in [-0.05, 0) is 29.8 Å². The lowest BCUT2D eigenvalue weighted by Crippen LogP contribution is -2.12. The molecule has 0 unspecified atom stereocenters. The van der Waals surface area contributed by atoms with Crippen molar-refractivity contribution < 1.29 is 0 Å². The number of hydrogen-bond acceptors (Lipinski definition) is 3. The van der Waals surface area contributed by atoms with Gasteiger partial charge in [-0.15, -0.1) is 0 Å². The van der Waals surface area contributed by atoms with Crippen LogP contribution in [0.4, 0.5) is 0 Å². The van der Waals surface area contributed by atoms with Crippen molar-refractivity contribution in [2.24, 2.45) is 0 Å². The summed E-state index contributed by atoms with van der Waals surface area (Å²) in [5.74, 6) is 0. The molecule has 0 saturated heterocycles. The summed E-state index contributed by atoms with van der Waals surface area (Å²) in [6, 6.07) is 7.75. The second kappa shape index (κ2) is 5.38. The summed E-state index contributed by atoms with van der Waals surface area (Å²) in [5, 5.41) is 4.07. The van der Waals surface area contributed by atoms with Gasteiger partial charge in [-0.2, -0.15) is 0 Å². The molecule has 4 nitrogen and oxygen atoms in total. The van der Waals surface area contributed by atoms with Gasteiger partial charge in [-0.3, -0.25) is 4.98 Å². The van der Waals surface area contributed by atoms with Crippen molar-refractivity contribution in [2.45, 2.75) is 13.1 Å². The molecule has 0 spiro atoms. The number of imidazole rings is 1. The predicted molar refractivity (Wildman–Crippen MR) is 75.0 cm³/mol. The maximum atomic E-state index is 5.94. The van der Waals surface area contributed by atoms with E-state index in [0.29, 0.717) is 5.02 Å². The summed E-state index contributed by atoms with van der Waals surface area (Å²) >= 11 is 5.94. The zero-order valence-electron chi connectivity index (χ0n) is 10.3. The van der Waals surface area contributed by atoms with Gasteiger partial charge in [-0.25, -0.2) is 4.98 Å². The first-order valence-corrected chi connectivity index (χ1v) is 6.42. The minimum atomic E-state index is 0.709. The van der Waals surface area contributed by atoms with Crippen LogP contribution in [0.15, 0.2) is 49.1 Å². The second-order valence-electron chi connectivity index (χ2n) is 4.30. The molecular weight excluding hydrogens is 260 g/mol. The van der Waals surface area contributed by atoms with Gasteiger partial charge < -0.3 is 9.72 Å². The molecule has 0 saturated carbocycles. The van der Waals surface area contributed by atoms with Crippen LogP contribution in [0.3, 0.4) is 0 Å². The molecule has 0 atom stereocenters. The van der Waals surface area contributed by atoms with Crippen LogP contribution in [0, 0.1) is 0 Å². The Labute approximate surface area is 116 Å². The quantitative estimate of drug-likeness (QED) is 0.794. The first-order valence-electron chi connectivity index (χ1n) is 6.04. The number of halogens is 1. The molecule has 3 aromatic rings. The van der Waals surface area contributed by atoms with Crippen molar-refractivity contribution in [3.8, 4) is 0 Å². The molecule has 3 rings (SSSR count). The molecule has 0 fully saturated rings. The molecular formula is C14H13ClN4. The summed E-state index contributed by atoms with van der Waals surface area (Å²) in [6.45, 7) is 1.53. The first kappa shape index (κ1) is 12.1. The van der Waals surface area contributed by atoms with E-state index in [0.717, 1.165) is 24.4 Å². The molecule has 0 aromatic carbocycles. The topological polar surface area (TPSA) is 42.2 Å². The van der Waals surface area contributed by atoms with Gasteiger partial charge in [-0.1, -0.05) is 11.6 Å². The molecule has 3 aromatic heterocycles. The van der Waals surface area contributed by atoms with E-state index in [2.05, 4.69) is 15.3 Å². The average Bonchev–Trinajstić information content (AvgIpc) is 2.82. The van der Waals surface area contributed by atoms with Crippen molar-refractivity contribution in [2.75, 3.05) is 0 Å². The number of nitrogens with zero attached hydrogens (tertiary/aromatic N) is 3. The average molecular weight is 273 g/mol. The van der Waals surface area contributed by atoms with E-state index in [9.17, 15) is 0 Å². The van der Waals surface area contributed by atoms with Gasteiger partial charge in [0.1, 0.15) is 5.65 Å². The van der Waals surface area contributed by atoms with Crippen LogP contribution >= 0.6 is 11.6 Å². The third-order valence-corrected chi connectivity index (χ3v) is 3.07. The zero-order valence-corrected chi connectivity index (χ0v) is 11.0. The molecule has 3 heterocycles. The van der Waals surface area contributed by atoms with Crippen molar-refractivity contribution in [3.63, 3.8) is 0 Å². The Morgan fingerprint density at radius 2 is 1.89 bits per heavy atom. The molecule has 0 aliphatic carbocycles. The second-order valence-corrected chi connectivity index (χ2v) is 4.74. The van der Waals surface area contributed by atoms with Crippen LogP contribution in [0.5, 0.6) is 0 Å². The maximum absolute atomic E-state index is 5.94. The van der Waals surface area contributed by atoms with Crippen molar-refractivity contribution in [1.82, 2.24) is 19.7 Å². The highest BCUT2D eigenvalue weighted by Gasteiger charge is 2.01. The smallest absolute Gasteiger partial charge is 0.137 e. The fourth-order valence-corrected chi connectivity index (χ4v) is 2.11. The SMILES string of the molecule is Clc1ccc2nc(CNCc3ccncc3)cn2c1. The van der Waals surface area contributed by atoms with E-state index in [1.165, 1.54) is 5.56 Å². The molecule has 0 bridgehead atoms. The third-order valence-electron chi connectivity index (χ3n) is 2.85. The number of fused-ring (bicyclic) bond motifs is 1. The Morgan fingerprint density at radius 1 is 1.05 bits per heavy atom. The Bertz CT molecular complexity index is 678. The summed E-state index contributed by atoms with van der Waals surface area (Å²) in [5.41, 5.74) is 3.11. The first-order chi connectivity index (χ1) is 9.31. The van der Waals surface area contributed by atoms with E-state index in [1.54, 1.807) is 12.4 Å². The molecule has 1 N–H and O–H groups in total. The summed E-state index contributed by atoms with van der Waals surface area (Å²) in [4.78, 5) is 8.51. The van der Waals surface area contributed by atoms with Crippen molar-refractivity contribution in [3.05, 3.63) is 65.3 Å². The lowest BCUT2D eigenvalue weighted by atomic mass is 10.3. The van der Waals surface area contributed by atoms with Gasteiger partial charge in [0, 0.05) is 37.9 Å². The molecule has 5 heteroatoms. The molecule has 0 aliphatic rings. The van der Waals surface area contributed by atoms with Gasteiger partial charge in [0.15, 0.2) is 0 Å². The fraction of sp³-hybridized carbons (Fsp3) is 0.143. The van der Waals surface area contributed by atoms with E-state index in [-0.39, 0.29) is 0 Å². The lowest BCUT2D eigenvalue weighted by Gasteiger charge is -2.01. The maximum Gasteiger partial charge on any atom is 0.137 e. The van der Waals surface area contributed by atoms with Crippen LogP contribution < -0.4 is 5.32 Å². The molecule has 0 aliphatic heterocycles. The Morgan fingerprint density at radius 3 is 2.74 bits per heavy atom. The van der Waals surface area contributed by atoms with E-state index >= 15 is 0 Å². The number of rotatable bonds is 4. The highest BCUT2D eigenvalue weighted by molar-refractivity contribution is 6.30. The van der Waals surface area contributed by atoms with Crippen LogP contribution in [0.25, 0.3) is 5.65 Å². The highest BCUT2D eigenvalue weighted by Crippen LogP contribution is 2.11. The highest BCUT2D eigenvalue weighted by atomic mass is 35.5. The molecule has 0 amide bonds. The fourth-order valence-electron chi connectivity index (χ4n) is 1.94. The lowest BCUT2D eigenvalue weighted by molar-refractivity contribution is 0.682. The number of nitrogens with one attached hydrogen (secondary N) is 1. The van der Waals surface area contributed by atoms with Crippen LogP contribution in [0.2, 0.25) is 5.02 Å². The van der Waals surface area contributed by atoms with E-state index < -0.39 is 0 Å². The monoisotopic (exact) mass is 272 g/mol. The van der Waals surface area contributed by atoms with Crippen LogP contribution in [0.1, 0.15) is 11.3 Å². The number of pyridine rings is 2. The normalized spacial score (nSPS) is 11.0. The Balaban J connectivity index is 1.65. The van der Waals surface area contributed by atoms with Crippen LogP contribution in [-0.4, -0.2) is 14.4 Å². The van der Waals surface area contributed by atoms with E-state index in [1.807, 2.05) is 41.1 Å². The van der Waals surface area contributed by atoms with Gasteiger partial charge in [0.05, 0.1) is 10.7 Å². The summed E-state index contributed by atoms with van der Waals surface area (Å²) in [6.07, 6.45) is 7.44. The van der Waals surface area contributed by atoms with Gasteiger partial charge in [0.25, 0.3) is 0 Å². The molecule has 0 radical (unpaired) electrons. The minimum Gasteiger partial charge on any atom is -0.307 e.